The first kappa shape index (κ1) is 21.5. The van der Waals surface area contributed by atoms with Gasteiger partial charge in [0.25, 0.3) is 5.91 Å². The first-order chi connectivity index (χ1) is 16.2. The Kier molecular flexibility index (Phi) is 4.71. The Labute approximate surface area is 196 Å². The van der Waals surface area contributed by atoms with E-state index in [0.717, 1.165) is 35.1 Å². The summed E-state index contributed by atoms with van der Waals surface area (Å²) in [5.41, 5.74) is -1.65. The fourth-order valence-corrected chi connectivity index (χ4v) is 5.59. The normalized spacial score (nSPS) is 24.7. The van der Waals surface area contributed by atoms with E-state index in [-0.39, 0.29) is 41.6 Å². The Balaban J connectivity index is 1.31. The molecule has 3 atom stereocenters. The molecule has 2 aliphatic carbocycles. The van der Waals surface area contributed by atoms with Crippen LogP contribution < -0.4 is 0 Å². The maximum atomic E-state index is 13.8. The van der Waals surface area contributed by atoms with Gasteiger partial charge in [0.15, 0.2) is 11.3 Å². The third kappa shape index (κ3) is 3.44. The molecule has 2 saturated carbocycles. The number of carbonyl (C=O) groups is 2. The highest BCUT2D eigenvalue weighted by Gasteiger charge is 2.49. The first-order valence-corrected chi connectivity index (χ1v) is 11.4. The van der Waals surface area contributed by atoms with Crippen LogP contribution in [0.4, 0.5) is 13.2 Å². The van der Waals surface area contributed by atoms with Gasteiger partial charge in [0.05, 0.1) is 12.0 Å². The average Bonchev–Trinajstić information content (AvgIpc) is 3.19. The van der Waals surface area contributed by atoms with Crippen LogP contribution in [0.3, 0.4) is 0 Å². The number of fused-ring (bicyclic) bond motifs is 2. The summed E-state index contributed by atoms with van der Waals surface area (Å²) in [5, 5.41) is -0.238. The van der Waals surface area contributed by atoms with E-state index in [9.17, 15) is 22.8 Å². The second-order valence-electron chi connectivity index (χ2n) is 9.22. The molecule has 2 amide bonds. The minimum absolute atomic E-state index is 0.138. The number of imidazole rings is 2. The number of halogens is 4. The van der Waals surface area contributed by atoms with E-state index >= 15 is 0 Å². The maximum absolute atomic E-state index is 13.8. The number of rotatable bonds is 3. The van der Waals surface area contributed by atoms with Crippen LogP contribution in [0.5, 0.6) is 0 Å². The van der Waals surface area contributed by atoms with Crippen molar-refractivity contribution in [1.29, 1.82) is 0 Å². The first-order valence-electron chi connectivity index (χ1n) is 11.1. The van der Waals surface area contributed by atoms with Crippen molar-refractivity contribution in [2.45, 2.75) is 31.5 Å². The van der Waals surface area contributed by atoms with Crippen LogP contribution in [0.25, 0.3) is 11.3 Å². The third-order valence-corrected chi connectivity index (χ3v) is 7.52. The number of alkyl halides is 3. The minimum atomic E-state index is -4.73. The molecule has 3 aliphatic rings. The molecule has 0 N–H and O–H groups in total. The molecule has 0 radical (unpaired) electrons. The number of aromatic nitrogens is 4. The van der Waals surface area contributed by atoms with Gasteiger partial charge in [-0.25, -0.2) is 9.97 Å². The van der Waals surface area contributed by atoms with Gasteiger partial charge in [0.2, 0.25) is 5.91 Å². The predicted octanol–water partition coefficient (Wildman–Crippen LogP) is 3.28. The Morgan fingerprint density at radius 2 is 1.91 bits per heavy atom. The smallest absolute Gasteiger partial charge is 0.336 e. The lowest BCUT2D eigenvalue weighted by molar-refractivity contribution is -0.138. The Bertz CT molecular complexity index is 1290. The maximum Gasteiger partial charge on any atom is 0.420 e. The summed E-state index contributed by atoms with van der Waals surface area (Å²) >= 11 is 6.38. The molecule has 3 aromatic rings. The Morgan fingerprint density at radius 1 is 1.15 bits per heavy atom. The van der Waals surface area contributed by atoms with Gasteiger partial charge in [-0.1, -0.05) is 11.6 Å². The summed E-state index contributed by atoms with van der Waals surface area (Å²) in [4.78, 5) is 37.0. The molecule has 0 aromatic carbocycles. The molecule has 0 bridgehead atoms. The molecular formula is C22H20ClF3N6O2. The van der Waals surface area contributed by atoms with E-state index in [1.54, 1.807) is 0 Å². The number of pyridine rings is 1. The molecule has 6 rings (SSSR count). The summed E-state index contributed by atoms with van der Waals surface area (Å²) in [6.45, 7) is 0.548. The molecule has 8 nitrogen and oxygen atoms in total. The largest absolute Gasteiger partial charge is 0.420 e. The Morgan fingerprint density at radius 3 is 2.56 bits per heavy atom. The van der Waals surface area contributed by atoms with Crippen molar-refractivity contribution in [3.63, 3.8) is 0 Å². The van der Waals surface area contributed by atoms with Crippen molar-refractivity contribution < 1.29 is 22.8 Å². The number of hydrogen-bond acceptors (Lipinski definition) is 4. The molecule has 3 fully saturated rings. The second kappa shape index (κ2) is 7.46. The minimum Gasteiger partial charge on any atom is -0.336 e. The molecule has 3 aromatic heterocycles. The van der Waals surface area contributed by atoms with E-state index in [4.69, 9.17) is 11.6 Å². The van der Waals surface area contributed by atoms with Gasteiger partial charge in [-0.2, -0.15) is 13.2 Å². The zero-order valence-corrected chi connectivity index (χ0v) is 18.6. The van der Waals surface area contributed by atoms with Crippen molar-refractivity contribution in [1.82, 2.24) is 28.7 Å². The molecule has 34 heavy (non-hydrogen) atoms. The third-order valence-electron chi connectivity index (χ3n) is 7.16. The fraction of sp³-hybridized carbons (Fsp3) is 0.455. The standard InChI is InChI=1S/C22H20ClF3N6O2/c23-19-18(21(34)29-3-4-31(17(33)10-29)14-6-12-5-13(12)7-14)28-20-16(22(24,25)26)8-15(9-32(19)20)30-2-1-27-11-30/h1-2,8-9,11-14H,3-7,10H2/t12-,13+,14+. The zero-order valence-electron chi connectivity index (χ0n) is 17.9. The van der Waals surface area contributed by atoms with Crippen molar-refractivity contribution >= 4 is 29.1 Å². The van der Waals surface area contributed by atoms with Crippen molar-refractivity contribution in [2.75, 3.05) is 19.6 Å². The van der Waals surface area contributed by atoms with E-state index in [1.165, 1.54) is 40.8 Å². The topological polar surface area (TPSA) is 75.7 Å². The highest BCUT2D eigenvalue weighted by Crippen LogP contribution is 2.53. The number of amides is 2. The number of nitrogens with zero attached hydrogens (tertiary/aromatic N) is 6. The highest BCUT2D eigenvalue weighted by atomic mass is 35.5. The lowest BCUT2D eigenvalue weighted by Gasteiger charge is -2.38. The number of carbonyl (C=O) groups excluding carboxylic acids is 2. The lowest BCUT2D eigenvalue weighted by atomic mass is 10.1. The van der Waals surface area contributed by atoms with E-state index in [1.807, 2.05) is 4.90 Å². The summed E-state index contributed by atoms with van der Waals surface area (Å²) in [6, 6.07) is 1.16. The van der Waals surface area contributed by atoms with Gasteiger partial charge in [-0.3, -0.25) is 14.0 Å². The molecule has 1 aliphatic heterocycles. The van der Waals surface area contributed by atoms with E-state index in [2.05, 4.69) is 9.97 Å². The second-order valence-corrected chi connectivity index (χ2v) is 9.58. The molecule has 0 unspecified atom stereocenters. The summed E-state index contributed by atoms with van der Waals surface area (Å²) in [7, 11) is 0. The quantitative estimate of drug-likeness (QED) is 0.562. The van der Waals surface area contributed by atoms with Gasteiger partial charge in [0.1, 0.15) is 17.3 Å². The van der Waals surface area contributed by atoms with E-state index < -0.39 is 23.3 Å². The van der Waals surface area contributed by atoms with Gasteiger partial charge < -0.3 is 14.4 Å². The van der Waals surface area contributed by atoms with Crippen LogP contribution in [-0.4, -0.2) is 66.2 Å². The number of piperazine rings is 1. The zero-order chi connectivity index (χ0) is 23.8. The molecule has 12 heteroatoms. The average molecular weight is 493 g/mol. The van der Waals surface area contributed by atoms with Gasteiger partial charge in [-0.15, -0.1) is 0 Å². The van der Waals surface area contributed by atoms with Crippen molar-refractivity contribution in [3.05, 3.63) is 47.4 Å². The van der Waals surface area contributed by atoms with E-state index in [0.29, 0.717) is 6.54 Å². The van der Waals surface area contributed by atoms with Crippen LogP contribution in [0.1, 0.15) is 35.3 Å². The van der Waals surface area contributed by atoms with Gasteiger partial charge in [0, 0.05) is 37.7 Å². The lowest BCUT2D eigenvalue weighted by Crippen LogP contribution is -2.55. The number of hydrogen-bond donors (Lipinski definition) is 0. The summed E-state index contributed by atoms with van der Waals surface area (Å²) in [6.07, 6.45) is 4.22. The fourth-order valence-electron chi connectivity index (χ4n) is 5.33. The molecular weight excluding hydrogens is 473 g/mol. The molecule has 178 valence electrons. The van der Waals surface area contributed by atoms with Crippen molar-refractivity contribution in [3.8, 4) is 5.69 Å². The van der Waals surface area contributed by atoms with Crippen molar-refractivity contribution in [2.24, 2.45) is 11.8 Å². The molecule has 4 heterocycles. The van der Waals surface area contributed by atoms with Crippen LogP contribution in [0.15, 0.2) is 31.0 Å². The van der Waals surface area contributed by atoms with Gasteiger partial charge in [-0.05, 0) is 37.2 Å². The highest BCUT2D eigenvalue weighted by molar-refractivity contribution is 6.33. The Hall–Kier alpha value is -3.08. The monoisotopic (exact) mass is 492 g/mol. The summed E-state index contributed by atoms with van der Waals surface area (Å²) < 4.78 is 44.0. The van der Waals surface area contributed by atoms with Gasteiger partial charge >= 0.3 is 6.18 Å². The molecule has 1 saturated heterocycles. The van der Waals surface area contributed by atoms with Crippen LogP contribution in [0, 0.1) is 11.8 Å². The predicted molar refractivity (Wildman–Crippen MR) is 115 cm³/mol. The van der Waals surface area contributed by atoms with Crippen LogP contribution >= 0.6 is 11.6 Å². The van der Waals surface area contributed by atoms with Crippen LogP contribution in [-0.2, 0) is 11.0 Å². The SMILES string of the molecule is O=C(c1nc2c(C(F)(F)F)cc(-n3ccnc3)cn2c1Cl)N1CCN([C@H]2C[C@H]3C[C@H]3C2)C(=O)C1. The summed E-state index contributed by atoms with van der Waals surface area (Å²) in [5.74, 6) is 0.644. The van der Waals surface area contributed by atoms with Crippen LogP contribution in [0.2, 0.25) is 5.15 Å². The molecule has 0 spiro atoms.